The summed E-state index contributed by atoms with van der Waals surface area (Å²) in [5.41, 5.74) is 1.87. The summed E-state index contributed by atoms with van der Waals surface area (Å²) in [7, 11) is 0. The van der Waals surface area contributed by atoms with E-state index in [1.54, 1.807) is 0 Å². The van der Waals surface area contributed by atoms with Crippen LogP contribution in [0.3, 0.4) is 0 Å². The average molecular weight is 356 g/mol. The van der Waals surface area contributed by atoms with Crippen LogP contribution in [0, 0.1) is 0 Å². The van der Waals surface area contributed by atoms with Crippen molar-refractivity contribution in [1.82, 2.24) is 0 Å². The number of carboxylic acid groups (broad SMARTS) is 1. The van der Waals surface area contributed by atoms with Crippen molar-refractivity contribution < 1.29 is 14.6 Å². The van der Waals surface area contributed by atoms with E-state index in [-0.39, 0.29) is 0 Å². The molecule has 0 saturated carbocycles. The van der Waals surface area contributed by atoms with Gasteiger partial charge in [0.15, 0.2) is 0 Å². The Kier molecular flexibility index (Phi) is 6.36. The summed E-state index contributed by atoms with van der Waals surface area (Å²) >= 11 is 3.43. The molecular formula is C16H22BrNO3. The number of benzene rings is 1. The van der Waals surface area contributed by atoms with Crippen LogP contribution in [0.1, 0.15) is 37.7 Å². The fourth-order valence-electron chi connectivity index (χ4n) is 2.60. The third-order valence-electron chi connectivity index (χ3n) is 3.70. The van der Waals surface area contributed by atoms with E-state index in [4.69, 9.17) is 4.74 Å². The third kappa shape index (κ3) is 4.63. The maximum Gasteiger partial charge on any atom is 0.411 e. The Labute approximate surface area is 134 Å². The molecule has 21 heavy (non-hydrogen) atoms. The molecule has 0 unspecified atom stereocenters. The molecule has 1 aromatic carbocycles. The second-order valence-corrected chi connectivity index (χ2v) is 6.07. The minimum atomic E-state index is -0.878. The molecule has 1 aliphatic heterocycles. The standard InChI is InChI=1S/C16H22BrNO3/c17-9-3-1-2-4-11-21-14-7-8-15-13(12-14)6-5-10-18(15)16(19)20/h7-8,12H,1-6,9-11H2,(H,19,20). The summed E-state index contributed by atoms with van der Waals surface area (Å²) < 4.78 is 5.77. The number of hydrogen-bond acceptors (Lipinski definition) is 2. The van der Waals surface area contributed by atoms with E-state index in [1.807, 2.05) is 18.2 Å². The molecule has 0 aliphatic carbocycles. The Morgan fingerprint density at radius 2 is 2.10 bits per heavy atom. The van der Waals surface area contributed by atoms with Gasteiger partial charge in [-0.3, -0.25) is 4.90 Å². The lowest BCUT2D eigenvalue weighted by molar-refractivity contribution is 0.201. The first-order valence-electron chi connectivity index (χ1n) is 7.54. The predicted octanol–water partition coefficient (Wildman–Crippen LogP) is 4.45. The lowest BCUT2D eigenvalue weighted by Gasteiger charge is -2.27. The number of ether oxygens (including phenoxy) is 1. The van der Waals surface area contributed by atoms with Crippen molar-refractivity contribution in [3.63, 3.8) is 0 Å². The van der Waals surface area contributed by atoms with Crippen LogP contribution >= 0.6 is 15.9 Å². The average Bonchev–Trinajstić information content (AvgIpc) is 2.49. The van der Waals surface area contributed by atoms with Gasteiger partial charge in [0.25, 0.3) is 0 Å². The van der Waals surface area contributed by atoms with Gasteiger partial charge in [0.05, 0.1) is 12.3 Å². The smallest absolute Gasteiger partial charge is 0.411 e. The minimum Gasteiger partial charge on any atom is -0.494 e. The fourth-order valence-corrected chi connectivity index (χ4v) is 3.00. The van der Waals surface area contributed by atoms with Gasteiger partial charge in [-0.15, -0.1) is 0 Å². The highest BCUT2D eigenvalue weighted by molar-refractivity contribution is 9.09. The molecule has 4 nitrogen and oxygen atoms in total. The normalized spacial score (nSPS) is 13.9. The summed E-state index contributed by atoms with van der Waals surface area (Å²) in [6.45, 7) is 1.31. The Bertz CT molecular complexity index is 479. The molecule has 1 heterocycles. The summed E-state index contributed by atoms with van der Waals surface area (Å²) in [4.78, 5) is 12.6. The SMILES string of the molecule is O=C(O)N1CCCc2cc(OCCCCCCBr)ccc21. The molecular weight excluding hydrogens is 334 g/mol. The van der Waals surface area contributed by atoms with Gasteiger partial charge in [-0.25, -0.2) is 4.79 Å². The number of carbonyl (C=O) groups is 1. The predicted molar refractivity (Wildman–Crippen MR) is 87.9 cm³/mol. The van der Waals surface area contributed by atoms with Crippen molar-refractivity contribution >= 4 is 27.7 Å². The van der Waals surface area contributed by atoms with Crippen molar-refractivity contribution in [2.24, 2.45) is 0 Å². The molecule has 0 fully saturated rings. The topological polar surface area (TPSA) is 49.8 Å². The molecule has 0 atom stereocenters. The van der Waals surface area contributed by atoms with Gasteiger partial charge in [0, 0.05) is 11.9 Å². The minimum absolute atomic E-state index is 0.579. The van der Waals surface area contributed by atoms with Crippen LogP contribution in [0.15, 0.2) is 18.2 Å². The first-order chi connectivity index (χ1) is 10.2. The van der Waals surface area contributed by atoms with E-state index in [0.717, 1.165) is 48.2 Å². The van der Waals surface area contributed by atoms with Crippen LogP contribution in [0.25, 0.3) is 0 Å². The highest BCUT2D eigenvalue weighted by Gasteiger charge is 2.22. The van der Waals surface area contributed by atoms with Gasteiger partial charge in [-0.05, 0) is 49.4 Å². The number of aryl methyl sites for hydroxylation is 1. The third-order valence-corrected chi connectivity index (χ3v) is 4.26. The van der Waals surface area contributed by atoms with Gasteiger partial charge in [0.1, 0.15) is 5.75 Å². The molecule has 0 radical (unpaired) electrons. The number of halogens is 1. The lowest BCUT2D eigenvalue weighted by Crippen LogP contribution is -2.34. The highest BCUT2D eigenvalue weighted by Crippen LogP contribution is 2.30. The first-order valence-corrected chi connectivity index (χ1v) is 8.66. The van der Waals surface area contributed by atoms with Crippen LogP contribution in [-0.2, 0) is 6.42 Å². The van der Waals surface area contributed by atoms with Crippen LogP contribution in [0.2, 0.25) is 0 Å². The van der Waals surface area contributed by atoms with Gasteiger partial charge in [-0.1, -0.05) is 28.8 Å². The van der Waals surface area contributed by atoms with Crippen molar-refractivity contribution in [3.05, 3.63) is 23.8 Å². The zero-order valence-corrected chi connectivity index (χ0v) is 13.8. The Morgan fingerprint density at radius 1 is 1.29 bits per heavy atom. The van der Waals surface area contributed by atoms with Crippen molar-refractivity contribution in [1.29, 1.82) is 0 Å². The number of rotatable bonds is 7. The number of nitrogens with zero attached hydrogens (tertiary/aromatic N) is 1. The molecule has 5 heteroatoms. The number of anilines is 1. The van der Waals surface area contributed by atoms with E-state index < -0.39 is 6.09 Å². The van der Waals surface area contributed by atoms with Gasteiger partial charge >= 0.3 is 6.09 Å². The number of fused-ring (bicyclic) bond motifs is 1. The van der Waals surface area contributed by atoms with Crippen LogP contribution in [0.5, 0.6) is 5.75 Å². The van der Waals surface area contributed by atoms with Crippen LogP contribution < -0.4 is 9.64 Å². The van der Waals surface area contributed by atoms with Gasteiger partial charge < -0.3 is 9.84 Å². The number of unbranched alkanes of at least 4 members (excludes halogenated alkanes) is 3. The molecule has 0 aromatic heterocycles. The molecule has 1 amide bonds. The zero-order chi connectivity index (χ0) is 15.1. The summed E-state index contributed by atoms with van der Waals surface area (Å²) in [5.74, 6) is 0.849. The summed E-state index contributed by atoms with van der Waals surface area (Å²) in [5, 5.41) is 10.3. The molecule has 1 aliphatic rings. The van der Waals surface area contributed by atoms with E-state index in [9.17, 15) is 9.90 Å². The molecule has 116 valence electrons. The molecule has 2 rings (SSSR count). The molecule has 1 N–H and O–H groups in total. The Hall–Kier alpha value is -1.23. The quantitative estimate of drug-likeness (QED) is 0.580. The molecule has 1 aromatic rings. The van der Waals surface area contributed by atoms with E-state index in [0.29, 0.717) is 6.54 Å². The van der Waals surface area contributed by atoms with Crippen molar-refractivity contribution in [3.8, 4) is 5.75 Å². The molecule has 0 saturated heterocycles. The maximum atomic E-state index is 11.2. The van der Waals surface area contributed by atoms with E-state index >= 15 is 0 Å². The van der Waals surface area contributed by atoms with Crippen molar-refractivity contribution in [2.75, 3.05) is 23.4 Å². The number of alkyl halides is 1. The number of hydrogen-bond donors (Lipinski definition) is 1. The number of amides is 1. The van der Waals surface area contributed by atoms with E-state index in [2.05, 4.69) is 15.9 Å². The van der Waals surface area contributed by atoms with Gasteiger partial charge in [-0.2, -0.15) is 0 Å². The molecule has 0 spiro atoms. The second-order valence-electron chi connectivity index (χ2n) is 5.28. The summed E-state index contributed by atoms with van der Waals surface area (Å²) in [6.07, 6.45) is 5.60. The fraction of sp³-hybridized carbons (Fsp3) is 0.562. The maximum absolute atomic E-state index is 11.2. The largest absolute Gasteiger partial charge is 0.494 e. The monoisotopic (exact) mass is 355 g/mol. The Morgan fingerprint density at radius 3 is 2.86 bits per heavy atom. The highest BCUT2D eigenvalue weighted by atomic mass is 79.9. The lowest BCUT2D eigenvalue weighted by atomic mass is 10.0. The van der Waals surface area contributed by atoms with Crippen LogP contribution in [-0.4, -0.2) is 29.7 Å². The molecule has 0 bridgehead atoms. The van der Waals surface area contributed by atoms with Crippen molar-refractivity contribution in [2.45, 2.75) is 38.5 Å². The zero-order valence-electron chi connectivity index (χ0n) is 12.2. The van der Waals surface area contributed by atoms with E-state index in [1.165, 1.54) is 24.2 Å². The first kappa shape index (κ1) is 16.1. The second kappa shape index (κ2) is 8.27. The van der Waals surface area contributed by atoms with Gasteiger partial charge in [0.2, 0.25) is 0 Å². The Balaban J connectivity index is 1.87. The van der Waals surface area contributed by atoms with Crippen LogP contribution in [0.4, 0.5) is 10.5 Å². The summed E-state index contributed by atoms with van der Waals surface area (Å²) in [6, 6.07) is 5.73.